The van der Waals surface area contributed by atoms with Crippen LogP contribution < -0.4 is 20.1 Å². The van der Waals surface area contributed by atoms with Crippen LogP contribution in [0, 0.1) is 5.92 Å². The molecule has 5 aromatic rings. The molecule has 3 atom stereocenters. The number of carbonyl (C=O) groups is 2. The number of likely N-dealkylation sites (N-methyl/N-ethyl adjacent to an activating group) is 1. The van der Waals surface area contributed by atoms with Crippen LogP contribution in [-0.2, 0) is 6.54 Å². The number of para-hydroxylation sites is 2. The van der Waals surface area contributed by atoms with Crippen LogP contribution in [-0.4, -0.2) is 65.7 Å². The molecule has 0 radical (unpaired) electrons. The molecule has 5 aromatic carbocycles. The molecule has 3 N–H and O–H groups in total. The fourth-order valence-electron chi connectivity index (χ4n) is 6.14. The van der Waals surface area contributed by atoms with Crippen molar-refractivity contribution in [2.45, 2.75) is 32.5 Å². The molecule has 9 heteroatoms. The first kappa shape index (κ1) is 33.5. The van der Waals surface area contributed by atoms with Crippen LogP contribution in [0.15, 0.2) is 115 Å². The summed E-state index contributed by atoms with van der Waals surface area (Å²) in [6, 6.07) is 35.6. The maximum atomic E-state index is 13.9. The number of rotatable bonds is 10. The van der Waals surface area contributed by atoms with E-state index in [1.807, 2.05) is 118 Å². The number of benzene rings is 5. The molecule has 0 aromatic heterocycles. The van der Waals surface area contributed by atoms with Gasteiger partial charge >= 0.3 is 6.03 Å². The number of nitrogens with one attached hydrogen (secondary N) is 2. The standard InChI is InChI=1S/C40H42N4O5/c1-27-23-44(28(2)26-45)39(46)34-16-10-18-36(42-40(47)41-35-17-9-12-30-11-7-8-15-33(30)35)38(34)49-37(27)25-43(3)24-29-19-21-32(22-20-29)48-31-13-5-4-6-14-31/h4-22,27-28,37,45H,23-26H2,1-3H3,(H2,41,42,47)/t27-,28+,37-/m0/s1. The monoisotopic (exact) mass is 658 g/mol. The molecule has 0 saturated heterocycles. The van der Waals surface area contributed by atoms with Crippen LogP contribution in [0.5, 0.6) is 17.2 Å². The summed E-state index contributed by atoms with van der Waals surface area (Å²) in [5, 5.41) is 17.9. The largest absolute Gasteiger partial charge is 0.486 e. The molecule has 0 spiro atoms. The number of hydrogen-bond donors (Lipinski definition) is 3. The van der Waals surface area contributed by atoms with Crippen molar-refractivity contribution in [3.63, 3.8) is 0 Å². The van der Waals surface area contributed by atoms with Crippen molar-refractivity contribution < 1.29 is 24.2 Å². The van der Waals surface area contributed by atoms with Crippen molar-refractivity contribution in [1.29, 1.82) is 0 Å². The van der Waals surface area contributed by atoms with Gasteiger partial charge in [-0.2, -0.15) is 0 Å². The van der Waals surface area contributed by atoms with E-state index in [2.05, 4.69) is 15.5 Å². The molecule has 0 fully saturated rings. The van der Waals surface area contributed by atoms with Gasteiger partial charge in [0.2, 0.25) is 0 Å². The predicted molar refractivity (Wildman–Crippen MR) is 193 cm³/mol. The van der Waals surface area contributed by atoms with Gasteiger partial charge in [0.25, 0.3) is 5.91 Å². The average molecular weight is 659 g/mol. The number of nitrogens with zero attached hydrogens (tertiary/aromatic N) is 2. The SMILES string of the molecule is C[C@H](CO)N1C[C@H](C)[C@H](CN(C)Cc2ccc(Oc3ccccc3)cc2)Oc2c(NC(=O)Nc3cccc4ccccc34)cccc2C1=O. The van der Waals surface area contributed by atoms with Gasteiger partial charge in [-0.3, -0.25) is 9.69 Å². The van der Waals surface area contributed by atoms with Crippen LogP contribution in [0.3, 0.4) is 0 Å². The molecule has 252 valence electrons. The normalized spacial score (nSPS) is 16.7. The average Bonchev–Trinajstić information content (AvgIpc) is 3.11. The number of fused-ring (bicyclic) bond motifs is 2. The molecule has 0 bridgehead atoms. The Hall–Kier alpha value is -5.38. The molecule has 1 aliphatic rings. The van der Waals surface area contributed by atoms with E-state index < -0.39 is 12.1 Å². The van der Waals surface area contributed by atoms with E-state index in [-0.39, 0.29) is 24.5 Å². The number of amides is 3. The summed E-state index contributed by atoms with van der Waals surface area (Å²) in [4.78, 5) is 31.2. The van der Waals surface area contributed by atoms with Crippen LogP contribution >= 0.6 is 0 Å². The number of aliphatic hydroxyl groups is 1. The van der Waals surface area contributed by atoms with Crippen molar-refractivity contribution in [2.24, 2.45) is 5.92 Å². The van der Waals surface area contributed by atoms with E-state index in [0.29, 0.717) is 42.3 Å². The Morgan fingerprint density at radius 1 is 0.898 bits per heavy atom. The summed E-state index contributed by atoms with van der Waals surface area (Å²) >= 11 is 0. The third-order valence-corrected chi connectivity index (χ3v) is 8.82. The van der Waals surface area contributed by atoms with Crippen LogP contribution in [0.25, 0.3) is 10.8 Å². The predicted octanol–water partition coefficient (Wildman–Crippen LogP) is 7.63. The van der Waals surface area contributed by atoms with Crippen molar-refractivity contribution in [3.8, 4) is 17.2 Å². The summed E-state index contributed by atoms with van der Waals surface area (Å²) in [6.45, 7) is 5.33. The zero-order valence-corrected chi connectivity index (χ0v) is 28.0. The first-order valence-electron chi connectivity index (χ1n) is 16.6. The Labute approximate surface area is 287 Å². The molecule has 1 heterocycles. The highest BCUT2D eigenvalue weighted by molar-refractivity contribution is 6.08. The summed E-state index contributed by atoms with van der Waals surface area (Å²) < 4.78 is 12.7. The number of urea groups is 1. The lowest BCUT2D eigenvalue weighted by molar-refractivity contribution is 0.0343. The molecule has 6 rings (SSSR count). The molecule has 0 aliphatic carbocycles. The van der Waals surface area contributed by atoms with E-state index in [1.165, 1.54) is 0 Å². The van der Waals surface area contributed by atoms with E-state index in [1.54, 1.807) is 23.1 Å². The summed E-state index contributed by atoms with van der Waals surface area (Å²) in [7, 11) is 2.03. The summed E-state index contributed by atoms with van der Waals surface area (Å²) in [5.74, 6) is 1.51. The molecule has 0 unspecified atom stereocenters. The zero-order chi connectivity index (χ0) is 34.3. The van der Waals surface area contributed by atoms with Gasteiger partial charge in [0.1, 0.15) is 17.6 Å². The fourth-order valence-corrected chi connectivity index (χ4v) is 6.14. The minimum atomic E-state index is -0.454. The molecule has 49 heavy (non-hydrogen) atoms. The van der Waals surface area contributed by atoms with Crippen molar-refractivity contribution in [3.05, 3.63) is 126 Å². The lowest BCUT2D eigenvalue weighted by Gasteiger charge is -2.38. The molecular formula is C40H42N4O5. The highest BCUT2D eigenvalue weighted by atomic mass is 16.5. The smallest absolute Gasteiger partial charge is 0.323 e. The quantitative estimate of drug-likeness (QED) is 0.143. The Morgan fingerprint density at radius 2 is 1.55 bits per heavy atom. The van der Waals surface area contributed by atoms with Gasteiger partial charge in [-0.05, 0) is 67.4 Å². The number of aliphatic hydroxyl groups excluding tert-OH is 1. The lowest BCUT2D eigenvalue weighted by atomic mass is 9.99. The van der Waals surface area contributed by atoms with Gasteiger partial charge in [-0.1, -0.05) is 79.7 Å². The van der Waals surface area contributed by atoms with Crippen LogP contribution in [0.2, 0.25) is 0 Å². The third kappa shape index (κ3) is 8.02. The third-order valence-electron chi connectivity index (χ3n) is 8.82. The summed E-state index contributed by atoms with van der Waals surface area (Å²) in [6.07, 6.45) is -0.338. The molecule has 3 amide bonds. The lowest BCUT2D eigenvalue weighted by Crippen LogP contribution is -2.49. The minimum Gasteiger partial charge on any atom is -0.486 e. The van der Waals surface area contributed by atoms with Crippen molar-refractivity contribution >= 4 is 34.1 Å². The van der Waals surface area contributed by atoms with E-state index >= 15 is 0 Å². The first-order chi connectivity index (χ1) is 23.8. The van der Waals surface area contributed by atoms with E-state index in [4.69, 9.17) is 9.47 Å². The topological polar surface area (TPSA) is 103 Å². The fraction of sp³-hybridized carbons (Fsp3) is 0.250. The highest BCUT2D eigenvalue weighted by Crippen LogP contribution is 2.35. The summed E-state index contributed by atoms with van der Waals surface area (Å²) in [5.41, 5.74) is 2.50. The Bertz CT molecular complexity index is 1890. The maximum absolute atomic E-state index is 13.9. The maximum Gasteiger partial charge on any atom is 0.323 e. The molecular weight excluding hydrogens is 616 g/mol. The Balaban J connectivity index is 1.22. The Morgan fingerprint density at radius 3 is 2.33 bits per heavy atom. The van der Waals surface area contributed by atoms with Gasteiger partial charge in [0.05, 0.1) is 29.6 Å². The van der Waals surface area contributed by atoms with Crippen molar-refractivity contribution in [1.82, 2.24) is 9.80 Å². The van der Waals surface area contributed by atoms with Gasteiger partial charge in [-0.15, -0.1) is 0 Å². The number of anilines is 2. The van der Waals surface area contributed by atoms with E-state index in [0.717, 1.165) is 27.8 Å². The van der Waals surface area contributed by atoms with Crippen molar-refractivity contribution in [2.75, 3.05) is 37.4 Å². The first-order valence-corrected chi connectivity index (χ1v) is 16.6. The second-order valence-electron chi connectivity index (χ2n) is 12.7. The number of hydrogen-bond acceptors (Lipinski definition) is 6. The Kier molecular flexibility index (Phi) is 10.4. The zero-order valence-electron chi connectivity index (χ0n) is 28.0. The van der Waals surface area contributed by atoms with Gasteiger partial charge in [0.15, 0.2) is 5.75 Å². The second kappa shape index (κ2) is 15.2. The van der Waals surface area contributed by atoms with Gasteiger partial charge in [-0.25, -0.2) is 4.79 Å². The van der Waals surface area contributed by atoms with E-state index in [9.17, 15) is 14.7 Å². The molecule has 0 saturated carbocycles. The van der Waals surface area contributed by atoms with Gasteiger partial charge < -0.3 is 30.1 Å². The number of ether oxygens (including phenoxy) is 2. The highest BCUT2D eigenvalue weighted by Gasteiger charge is 2.34. The second-order valence-corrected chi connectivity index (χ2v) is 12.7. The minimum absolute atomic E-state index is 0.0900. The van der Waals surface area contributed by atoms with Crippen LogP contribution in [0.1, 0.15) is 29.8 Å². The van der Waals surface area contributed by atoms with Crippen LogP contribution in [0.4, 0.5) is 16.2 Å². The van der Waals surface area contributed by atoms with Gasteiger partial charge in [0, 0.05) is 30.9 Å². The molecule has 9 nitrogen and oxygen atoms in total. The number of carbonyl (C=O) groups excluding carboxylic acids is 2. The molecule has 1 aliphatic heterocycles.